The average molecular weight is 344 g/mol. The predicted molar refractivity (Wildman–Crippen MR) is 96.3 cm³/mol. The van der Waals surface area contributed by atoms with E-state index in [0.717, 1.165) is 49.9 Å². The number of ether oxygens (including phenoxy) is 2. The van der Waals surface area contributed by atoms with Crippen LogP contribution in [0.2, 0.25) is 0 Å². The summed E-state index contributed by atoms with van der Waals surface area (Å²) in [5, 5.41) is 0. The van der Waals surface area contributed by atoms with Crippen LogP contribution in [0.5, 0.6) is 0 Å². The van der Waals surface area contributed by atoms with Crippen molar-refractivity contribution in [3.8, 4) is 0 Å². The van der Waals surface area contributed by atoms with Gasteiger partial charge in [-0.2, -0.15) is 0 Å². The fraction of sp³-hybridized carbons (Fsp3) is 0.579. The lowest BCUT2D eigenvalue weighted by molar-refractivity contribution is 0.0680. The van der Waals surface area contributed by atoms with Gasteiger partial charge in [-0.1, -0.05) is 6.07 Å². The second kappa shape index (κ2) is 8.56. The molecule has 0 bridgehead atoms. The molecule has 0 fully saturated rings. The van der Waals surface area contributed by atoms with Gasteiger partial charge in [-0.25, -0.2) is 4.98 Å². The molecule has 1 aliphatic rings. The van der Waals surface area contributed by atoms with E-state index >= 15 is 0 Å². The van der Waals surface area contributed by atoms with Crippen molar-refractivity contribution in [3.63, 3.8) is 0 Å². The van der Waals surface area contributed by atoms with Crippen molar-refractivity contribution in [1.82, 2.24) is 19.4 Å². The van der Waals surface area contributed by atoms with Gasteiger partial charge in [0.05, 0.1) is 37.5 Å². The fourth-order valence-corrected chi connectivity index (χ4v) is 3.43. The monoisotopic (exact) mass is 344 g/mol. The quantitative estimate of drug-likeness (QED) is 0.688. The van der Waals surface area contributed by atoms with E-state index in [1.54, 1.807) is 0 Å². The van der Waals surface area contributed by atoms with Crippen LogP contribution in [0.15, 0.2) is 24.5 Å². The summed E-state index contributed by atoms with van der Waals surface area (Å²) in [6.45, 7) is 9.57. The first-order chi connectivity index (χ1) is 12.2. The molecule has 6 heteroatoms. The van der Waals surface area contributed by atoms with Crippen LogP contribution in [0, 0.1) is 6.92 Å². The van der Waals surface area contributed by atoms with Crippen molar-refractivity contribution in [3.05, 3.63) is 47.3 Å². The number of hydrogen-bond donors (Lipinski definition) is 0. The van der Waals surface area contributed by atoms with Gasteiger partial charge in [0.1, 0.15) is 0 Å². The Morgan fingerprint density at radius 1 is 1.28 bits per heavy atom. The van der Waals surface area contributed by atoms with E-state index in [1.165, 1.54) is 5.69 Å². The van der Waals surface area contributed by atoms with Crippen LogP contribution in [0.25, 0.3) is 0 Å². The van der Waals surface area contributed by atoms with Crippen molar-refractivity contribution >= 4 is 0 Å². The summed E-state index contributed by atoms with van der Waals surface area (Å²) < 4.78 is 13.6. The van der Waals surface area contributed by atoms with Gasteiger partial charge in [-0.3, -0.25) is 9.88 Å². The van der Waals surface area contributed by atoms with Crippen LogP contribution in [-0.4, -0.2) is 52.3 Å². The lowest BCUT2D eigenvalue weighted by Crippen LogP contribution is -2.38. The minimum atomic E-state index is 0.322. The van der Waals surface area contributed by atoms with Gasteiger partial charge in [0.25, 0.3) is 0 Å². The summed E-state index contributed by atoms with van der Waals surface area (Å²) in [5.41, 5.74) is 4.46. The van der Waals surface area contributed by atoms with Crippen molar-refractivity contribution in [1.29, 1.82) is 0 Å². The molecule has 3 heterocycles. The van der Waals surface area contributed by atoms with Gasteiger partial charge >= 0.3 is 0 Å². The largest absolute Gasteiger partial charge is 0.380 e. The molecule has 136 valence electrons. The van der Waals surface area contributed by atoms with E-state index in [1.807, 2.05) is 38.4 Å². The molecule has 25 heavy (non-hydrogen) atoms. The molecule has 3 rings (SSSR count). The third-order valence-electron chi connectivity index (χ3n) is 4.57. The zero-order valence-electron chi connectivity index (χ0n) is 15.4. The Morgan fingerprint density at radius 2 is 2.16 bits per heavy atom. The van der Waals surface area contributed by atoms with E-state index < -0.39 is 0 Å². The topological polar surface area (TPSA) is 52.4 Å². The van der Waals surface area contributed by atoms with Gasteiger partial charge in [0.15, 0.2) is 0 Å². The van der Waals surface area contributed by atoms with Gasteiger partial charge in [0.2, 0.25) is 0 Å². The number of aromatic nitrogens is 3. The second-order valence-corrected chi connectivity index (χ2v) is 6.60. The number of aryl methyl sites for hydroxylation is 2. The Balaban J connectivity index is 1.61. The summed E-state index contributed by atoms with van der Waals surface area (Å²) in [6, 6.07) is 6.04. The number of pyridine rings is 1. The van der Waals surface area contributed by atoms with Gasteiger partial charge in [-0.05, 0) is 26.0 Å². The van der Waals surface area contributed by atoms with E-state index in [0.29, 0.717) is 19.1 Å². The summed E-state index contributed by atoms with van der Waals surface area (Å²) in [7, 11) is 2.07. The minimum Gasteiger partial charge on any atom is -0.380 e. The van der Waals surface area contributed by atoms with Crippen LogP contribution >= 0.6 is 0 Å². The molecule has 0 spiro atoms. The maximum absolute atomic E-state index is 6.01. The van der Waals surface area contributed by atoms with Crippen LogP contribution in [0.4, 0.5) is 0 Å². The first kappa shape index (κ1) is 18.0. The third-order valence-corrected chi connectivity index (χ3v) is 4.57. The van der Waals surface area contributed by atoms with E-state index in [4.69, 9.17) is 9.47 Å². The van der Waals surface area contributed by atoms with E-state index in [2.05, 4.69) is 26.5 Å². The summed E-state index contributed by atoms with van der Waals surface area (Å²) in [6.07, 6.45) is 1.91. The van der Waals surface area contributed by atoms with Crippen LogP contribution in [0.3, 0.4) is 0 Å². The lowest BCUT2D eigenvalue weighted by atomic mass is 9.99. The highest BCUT2D eigenvalue weighted by molar-refractivity contribution is 5.22. The van der Waals surface area contributed by atoms with Crippen molar-refractivity contribution in [2.24, 2.45) is 7.05 Å². The zero-order chi connectivity index (χ0) is 17.6. The molecule has 1 unspecified atom stereocenters. The van der Waals surface area contributed by atoms with Crippen molar-refractivity contribution < 1.29 is 9.47 Å². The highest BCUT2D eigenvalue weighted by atomic mass is 16.5. The maximum atomic E-state index is 6.01. The normalized spacial score (nSPS) is 17.6. The number of rotatable bonds is 8. The maximum Gasteiger partial charge on any atom is 0.0949 e. The molecule has 2 aromatic heterocycles. The number of imidazole rings is 1. The summed E-state index contributed by atoms with van der Waals surface area (Å²) in [5.74, 6) is 0.322. The first-order valence-corrected chi connectivity index (χ1v) is 8.97. The van der Waals surface area contributed by atoms with Crippen LogP contribution in [-0.2, 0) is 29.7 Å². The molecule has 0 radical (unpaired) electrons. The third kappa shape index (κ3) is 4.66. The summed E-state index contributed by atoms with van der Waals surface area (Å²) in [4.78, 5) is 11.5. The highest BCUT2D eigenvalue weighted by Crippen LogP contribution is 2.27. The standard InChI is InChI=1S/C19H28N4O2/c1-4-24-9-8-23-10-16(19-18(11-23)20-14-22(19)3)12-25-13-17-7-5-6-15(2)21-17/h5-7,14,16H,4,8-13H2,1-3H3. The van der Waals surface area contributed by atoms with Gasteiger partial charge in [0, 0.05) is 50.6 Å². The molecule has 0 aliphatic carbocycles. The van der Waals surface area contributed by atoms with Gasteiger partial charge in [-0.15, -0.1) is 0 Å². The molecular formula is C19H28N4O2. The molecule has 2 aromatic rings. The van der Waals surface area contributed by atoms with Crippen molar-refractivity contribution in [2.45, 2.75) is 32.9 Å². The van der Waals surface area contributed by atoms with E-state index in [9.17, 15) is 0 Å². The Labute approximate surface area is 149 Å². The molecule has 0 saturated carbocycles. The zero-order valence-corrected chi connectivity index (χ0v) is 15.4. The van der Waals surface area contributed by atoms with Gasteiger partial charge < -0.3 is 14.0 Å². The molecule has 6 nitrogen and oxygen atoms in total. The minimum absolute atomic E-state index is 0.322. The Hall–Kier alpha value is -1.76. The van der Waals surface area contributed by atoms with Crippen molar-refractivity contribution in [2.75, 3.05) is 32.9 Å². The van der Waals surface area contributed by atoms with E-state index in [-0.39, 0.29) is 0 Å². The SMILES string of the molecule is CCOCCN1Cc2ncn(C)c2C(COCc2cccc(C)n2)C1. The molecule has 0 aromatic carbocycles. The molecule has 1 atom stereocenters. The Kier molecular flexibility index (Phi) is 6.18. The molecule has 1 aliphatic heterocycles. The highest BCUT2D eigenvalue weighted by Gasteiger charge is 2.28. The molecule has 0 N–H and O–H groups in total. The molecule has 0 saturated heterocycles. The number of fused-ring (bicyclic) bond motifs is 1. The Bertz CT molecular complexity index is 686. The number of nitrogens with zero attached hydrogens (tertiary/aromatic N) is 4. The van der Waals surface area contributed by atoms with Crippen LogP contribution < -0.4 is 0 Å². The summed E-state index contributed by atoms with van der Waals surface area (Å²) >= 11 is 0. The fourth-order valence-electron chi connectivity index (χ4n) is 3.43. The predicted octanol–water partition coefficient (Wildman–Crippen LogP) is 2.28. The Morgan fingerprint density at radius 3 is 2.96 bits per heavy atom. The second-order valence-electron chi connectivity index (χ2n) is 6.60. The average Bonchev–Trinajstić information content (AvgIpc) is 2.96. The van der Waals surface area contributed by atoms with Crippen LogP contribution in [0.1, 0.15) is 35.6 Å². The molecular weight excluding hydrogens is 316 g/mol. The number of hydrogen-bond acceptors (Lipinski definition) is 5. The lowest BCUT2D eigenvalue weighted by Gasteiger charge is -2.32. The first-order valence-electron chi connectivity index (χ1n) is 8.97. The smallest absolute Gasteiger partial charge is 0.0949 e. The molecule has 0 amide bonds.